The summed E-state index contributed by atoms with van der Waals surface area (Å²) < 4.78 is 10.7. The zero-order valence-electron chi connectivity index (χ0n) is 9.11. The molecule has 2 heterocycles. The molecule has 2 aliphatic heterocycles. The fraction of sp³-hybridized carbons (Fsp3) is 0.909. The highest BCUT2D eigenvalue weighted by atomic mass is 16.6. The van der Waals surface area contributed by atoms with Crippen molar-refractivity contribution in [3.8, 4) is 0 Å². The minimum atomic E-state index is -0.124. The van der Waals surface area contributed by atoms with Gasteiger partial charge >= 0.3 is 6.09 Å². The first-order valence-electron chi connectivity index (χ1n) is 5.89. The van der Waals surface area contributed by atoms with Gasteiger partial charge in [0.2, 0.25) is 0 Å². The maximum atomic E-state index is 11.7. The molecule has 4 nitrogen and oxygen atoms in total. The molecule has 2 saturated heterocycles. The fourth-order valence-corrected chi connectivity index (χ4v) is 2.09. The molecular formula is C11H19NO3. The molecule has 0 N–H and O–H groups in total. The van der Waals surface area contributed by atoms with Crippen molar-refractivity contribution in [2.24, 2.45) is 0 Å². The van der Waals surface area contributed by atoms with Crippen LogP contribution < -0.4 is 0 Å². The first-order valence-corrected chi connectivity index (χ1v) is 5.89. The van der Waals surface area contributed by atoms with Crippen molar-refractivity contribution in [3.05, 3.63) is 0 Å². The lowest BCUT2D eigenvalue weighted by Gasteiger charge is -2.29. The monoisotopic (exact) mass is 213 g/mol. The van der Waals surface area contributed by atoms with Crippen LogP contribution in [0, 0.1) is 0 Å². The van der Waals surface area contributed by atoms with E-state index in [2.05, 4.69) is 0 Å². The fourth-order valence-electron chi connectivity index (χ4n) is 2.09. The van der Waals surface area contributed by atoms with Crippen LogP contribution in [-0.2, 0) is 9.47 Å². The third-order valence-electron chi connectivity index (χ3n) is 3.05. The summed E-state index contributed by atoms with van der Waals surface area (Å²) in [5, 5.41) is 0. The normalized spacial score (nSPS) is 23.9. The average molecular weight is 213 g/mol. The summed E-state index contributed by atoms with van der Waals surface area (Å²) in [7, 11) is 0. The zero-order valence-corrected chi connectivity index (χ0v) is 9.11. The third kappa shape index (κ3) is 3.09. The van der Waals surface area contributed by atoms with Gasteiger partial charge in [0.25, 0.3) is 0 Å². The van der Waals surface area contributed by atoms with E-state index in [0.717, 1.165) is 52.0 Å². The first-order chi connectivity index (χ1) is 7.36. The Hall–Kier alpha value is -0.770. The number of rotatable bonds is 1. The molecule has 0 aromatic rings. The van der Waals surface area contributed by atoms with Crippen molar-refractivity contribution in [2.75, 3.05) is 26.3 Å². The van der Waals surface area contributed by atoms with E-state index in [1.807, 2.05) is 4.90 Å². The van der Waals surface area contributed by atoms with Gasteiger partial charge in [-0.25, -0.2) is 4.79 Å². The second kappa shape index (κ2) is 5.35. The van der Waals surface area contributed by atoms with Crippen LogP contribution in [0.4, 0.5) is 4.79 Å². The molecule has 0 bridgehead atoms. The van der Waals surface area contributed by atoms with Gasteiger partial charge in [0.1, 0.15) is 6.10 Å². The number of piperidine rings is 1. The highest BCUT2D eigenvalue weighted by Crippen LogP contribution is 2.15. The highest BCUT2D eigenvalue weighted by molar-refractivity contribution is 5.67. The quantitative estimate of drug-likeness (QED) is 0.666. The van der Waals surface area contributed by atoms with Gasteiger partial charge < -0.3 is 14.4 Å². The molecule has 0 unspecified atom stereocenters. The summed E-state index contributed by atoms with van der Waals surface area (Å²) in [5.74, 6) is 0. The molecule has 0 aromatic carbocycles. The number of likely N-dealkylation sites (tertiary alicyclic amines) is 1. The third-order valence-corrected chi connectivity index (χ3v) is 3.05. The maximum Gasteiger partial charge on any atom is 0.410 e. The summed E-state index contributed by atoms with van der Waals surface area (Å²) in [6.45, 7) is 3.17. The molecule has 0 saturated carbocycles. The first kappa shape index (κ1) is 10.7. The van der Waals surface area contributed by atoms with Crippen LogP contribution in [0.1, 0.15) is 32.1 Å². The van der Waals surface area contributed by atoms with Crippen LogP contribution in [0.2, 0.25) is 0 Å². The Bertz CT molecular complexity index is 208. The average Bonchev–Trinajstić information content (AvgIpc) is 2.31. The van der Waals surface area contributed by atoms with Crippen molar-refractivity contribution in [1.82, 2.24) is 4.90 Å². The lowest BCUT2D eigenvalue weighted by molar-refractivity contribution is -0.0116. The number of carbonyl (C=O) groups excluding carboxylic acids is 1. The molecular weight excluding hydrogens is 194 g/mol. The van der Waals surface area contributed by atoms with E-state index in [4.69, 9.17) is 9.47 Å². The predicted octanol–water partition coefficient (Wildman–Crippen LogP) is 1.79. The van der Waals surface area contributed by atoms with E-state index < -0.39 is 0 Å². The number of nitrogens with zero attached hydrogens (tertiary/aromatic N) is 1. The van der Waals surface area contributed by atoms with Crippen molar-refractivity contribution in [2.45, 2.75) is 38.2 Å². The molecule has 4 heteroatoms. The second-order valence-corrected chi connectivity index (χ2v) is 4.24. The van der Waals surface area contributed by atoms with Gasteiger partial charge in [-0.3, -0.25) is 0 Å². The standard InChI is InChI=1S/C11H19NO3/c13-11(12-6-2-1-3-7-12)15-10-4-8-14-9-5-10/h10H,1-9H2. The lowest BCUT2D eigenvalue weighted by Crippen LogP contribution is -2.39. The van der Waals surface area contributed by atoms with Crippen LogP contribution in [0.5, 0.6) is 0 Å². The summed E-state index contributed by atoms with van der Waals surface area (Å²) in [6.07, 6.45) is 5.11. The van der Waals surface area contributed by atoms with Crippen LogP contribution in [0.3, 0.4) is 0 Å². The van der Waals surface area contributed by atoms with Gasteiger partial charge in [-0.1, -0.05) is 0 Å². The lowest BCUT2D eigenvalue weighted by atomic mass is 10.1. The molecule has 2 fully saturated rings. The number of hydrogen-bond donors (Lipinski definition) is 0. The number of ether oxygens (including phenoxy) is 2. The second-order valence-electron chi connectivity index (χ2n) is 4.24. The summed E-state index contributed by atoms with van der Waals surface area (Å²) in [5.41, 5.74) is 0. The van der Waals surface area contributed by atoms with E-state index in [9.17, 15) is 4.79 Å². The Balaban J connectivity index is 1.74. The van der Waals surface area contributed by atoms with Gasteiger partial charge in [-0.05, 0) is 19.3 Å². The van der Waals surface area contributed by atoms with E-state index in [0.29, 0.717) is 0 Å². The predicted molar refractivity (Wildman–Crippen MR) is 55.7 cm³/mol. The molecule has 0 atom stereocenters. The van der Waals surface area contributed by atoms with E-state index in [1.54, 1.807) is 0 Å². The van der Waals surface area contributed by atoms with Crippen LogP contribution >= 0.6 is 0 Å². The Morgan fingerprint density at radius 2 is 1.80 bits per heavy atom. The molecule has 1 amide bonds. The molecule has 15 heavy (non-hydrogen) atoms. The van der Waals surface area contributed by atoms with E-state index in [1.165, 1.54) is 6.42 Å². The van der Waals surface area contributed by atoms with Crippen molar-refractivity contribution in [1.29, 1.82) is 0 Å². The summed E-state index contributed by atoms with van der Waals surface area (Å²) in [4.78, 5) is 13.6. The van der Waals surface area contributed by atoms with Gasteiger partial charge in [0.05, 0.1) is 13.2 Å². The zero-order chi connectivity index (χ0) is 10.5. The van der Waals surface area contributed by atoms with Gasteiger partial charge in [-0.15, -0.1) is 0 Å². The van der Waals surface area contributed by atoms with Gasteiger partial charge in [0, 0.05) is 25.9 Å². The Labute approximate surface area is 90.5 Å². The number of amides is 1. The molecule has 0 aliphatic carbocycles. The highest BCUT2D eigenvalue weighted by Gasteiger charge is 2.23. The number of carbonyl (C=O) groups is 1. The van der Waals surface area contributed by atoms with Crippen LogP contribution in [0.25, 0.3) is 0 Å². The van der Waals surface area contributed by atoms with Gasteiger partial charge in [0.15, 0.2) is 0 Å². The number of hydrogen-bond acceptors (Lipinski definition) is 3. The molecule has 86 valence electrons. The minimum Gasteiger partial charge on any atom is -0.446 e. The van der Waals surface area contributed by atoms with Crippen LogP contribution in [-0.4, -0.2) is 43.4 Å². The SMILES string of the molecule is O=C(OC1CCOCC1)N1CCCCC1. The van der Waals surface area contributed by atoms with Gasteiger partial charge in [-0.2, -0.15) is 0 Å². The van der Waals surface area contributed by atoms with Crippen molar-refractivity contribution < 1.29 is 14.3 Å². The summed E-state index contributed by atoms with van der Waals surface area (Å²) in [6, 6.07) is 0. The topological polar surface area (TPSA) is 38.8 Å². The summed E-state index contributed by atoms with van der Waals surface area (Å²) >= 11 is 0. The molecule has 2 rings (SSSR count). The molecule has 0 radical (unpaired) electrons. The van der Waals surface area contributed by atoms with E-state index >= 15 is 0 Å². The molecule has 0 aromatic heterocycles. The maximum absolute atomic E-state index is 11.7. The smallest absolute Gasteiger partial charge is 0.410 e. The Morgan fingerprint density at radius 3 is 2.47 bits per heavy atom. The van der Waals surface area contributed by atoms with Crippen molar-refractivity contribution >= 4 is 6.09 Å². The van der Waals surface area contributed by atoms with Crippen molar-refractivity contribution in [3.63, 3.8) is 0 Å². The Morgan fingerprint density at radius 1 is 1.13 bits per heavy atom. The Kier molecular flexibility index (Phi) is 3.83. The molecule has 2 aliphatic rings. The van der Waals surface area contributed by atoms with Crippen LogP contribution in [0.15, 0.2) is 0 Å². The minimum absolute atomic E-state index is 0.0770. The largest absolute Gasteiger partial charge is 0.446 e. The molecule has 0 spiro atoms. The van der Waals surface area contributed by atoms with E-state index in [-0.39, 0.29) is 12.2 Å².